The first-order valence-corrected chi connectivity index (χ1v) is 6.18. The molecule has 0 aliphatic heterocycles. The lowest BCUT2D eigenvalue weighted by Gasteiger charge is -2.26. The van der Waals surface area contributed by atoms with E-state index < -0.39 is 11.4 Å². The Morgan fingerprint density at radius 1 is 1.39 bits per heavy atom. The second-order valence-electron chi connectivity index (χ2n) is 5.57. The summed E-state index contributed by atoms with van der Waals surface area (Å²) in [6, 6.07) is 6.03. The summed E-state index contributed by atoms with van der Waals surface area (Å²) >= 11 is 0. The van der Waals surface area contributed by atoms with Crippen LogP contribution < -0.4 is 4.74 Å². The molecule has 0 amide bonds. The Morgan fingerprint density at radius 3 is 2.44 bits per heavy atom. The van der Waals surface area contributed by atoms with Crippen molar-refractivity contribution in [2.75, 3.05) is 7.11 Å². The highest BCUT2D eigenvalue weighted by molar-refractivity contribution is 5.69. The zero-order chi connectivity index (χ0) is 13.9. The van der Waals surface area contributed by atoms with E-state index in [4.69, 9.17) is 9.84 Å². The molecule has 18 heavy (non-hydrogen) atoms. The number of aliphatic carboxylic acids is 1. The molecule has 100 valence electrons. The van der Waals surface area contributed by atoms with Gasteiger partial charge in [-0.3, -0.25) is 4.79 Å². The molecule has 0 aliphatic rings. The largest absolute Gasteiger partial charge is 0.496 e. The summed E-state index contributed by atoms with van der Waals surface area (Å²) in [6.45, 7) is 8.09. The Hall–Kier alpha value is -1.51. The van der Waals surface area contributed by atoms with Gasteiger partial charge in [0.2, 0.25) is 0 Å². The molecule has 0 bridgehead atoms. The summed E-state index contributed by atoms with van der Waals surface area (Å²) in [5.41, 5.74) is 1.70. The fraction of sp³-hybridized carbons (Fsp3) is 0.533. The number of ether oxygens (including phenoxy) is 1. The third kappa shape index (κ3) is 3.25. The Bertz CT molecular complexity index is 433. The molecule has 0 heterocycles. The van der Waals surface area contributed by atoms with E-state index in [-0.39, 0.29) is 6.42 Å². The van der Waals surface area contributed by atoms with E-state index >= 15 is 0 Å². The Kier molecular flexibility index (Phi) is 4.38. The van der Waals surface area contributed by atoms with E-state index in [1.165, 1.54) is 5.56 Å². The highest BCUT2D eigenvalue weighted by Crippen LogP contribution is 2.36. The minimum absolute atomic E-state index is 0.0877. The smallest absolute Gasteiger partial charge is 0.304 e. The zero-order valence-corrected chi connectivity index (χ0v) is 11.8. The monoisotopic (exact) mass is 250 g/mol. The van der Waals surface area contributed by atoms with Crippen LogP contribution >= 0.6 is 0 Å². The van der Waals surface area contributed by atoms with Crippen molar-refractivity contribution in [1.29, 1.82) is 0 Å². The lowest BCUT2D eigenvalue weighted by atomic mass is 9.80. The molecular weight excluding hydrogens is 228 g/mol. The molecule has 0 atom stereocenters. The van der Waals surface area contributed by atoms with Crippen LogP contribution in [-0.2, 0) is 10.2 Å². The number of carboxylic acid groups (broad SMARTS) is 1. The van der Waals surface area contributed by atoms with Gasteiger partial charge in [-0.25, -0.2) is 0 Å². The first kappa shape index (κ1) is 14.6. The lowest BCUT2D eigenvalue weighted by molar-refractivity contribution is -0.138. The predicted octanol–water partition coefficient (Wildman–Crippen LogP) is 3.57. The van der Waals surface area contributed by atoms with Crippen LogP contribution in [0.2, 0.25) is 0 Å². The number of hydrogen-bond donors (Lipinski definition) is 1. The second-order valence-corrected chi connectivity index (χ2v) is 5.57. The molecule has 1 aromatic rings. The first-order chi connectivity index (χ1) is 8.27. The van der Waals surface area contributed by atoms with E-state index in [1.54, 1.807) is 7.11 Å². The highest BCUT2D eigenvalue weighted by atomic mass is 16.5. The fourth-order valence-electron chi connectivity index (χ4n) is 2.10. The van der Waals surface area contributed by atoms with Gasteiger partial charge in [-0.15, -0.1) is 0 Å². The molecule has 0 fully saturated rings. The molecule has 0 radical (unpaired) electrons. The van der Waals surface area contributed by atoms with Crippen molar-refractivity contribution < 1.29 is 14.6 Å². The van der Waals surface area contributed by atoms with E-state index in [2.05, 4.69) is 13.8 Å². The topological polar surface area (TPSA) is 46.5 Å². The van der Waals surface area contributed by atoms with Crippen molar-refractivity contribution >= 4 is 5.97 Å². The average Bonchev–Trinajstić information content (AvgIpc) is 2.26. The summed E-state index contributed by atoms with van der Waals surface area (Å²) < 4.78 is 5.41. The molecule has 0 saturated carbocycles. The van der Waals surface area contributed by atoms with Gasteiger partial charge in [0.25, 0.3) is 0 Å². The Morgan fingerprint density at radius 2 is 2.00 bits per heavy atom. The third-order valence-corrected chi connectivity index (χ3v) is 3.21. The van der Waals surface area contributed by atoms with Crippen LogP contribution in [0.4, 0.5) is 0 Å². The van der Waals surface area contributed by atoms with Gasteiger partial charge in [0, 0.05) is 11.0 Å². The standard InChI is InChI=1S/C15H22O3/c1-10(2)11-6-7-12(13(8-11)18-5)15(3,4)9-14(16)17/h6-8,10H,9H2,1-5H3,(H,16,17). The van der Waals surface area contributed by atoms with Crippen molar-refractivity contribution in [2.24, 2.45) is 0 Å². The normalized spacial score (nSPS) is 11.7. The van der Waals surface area contributed by atoms with E-state index in [0.717, 1.165) is 11.3 Å². The number of rotatable bonds is 5. The van der Waals surface area contributed by atoms with Gasteiger partial charge < -0.3 is 9.84 Å². The number of carbonyl (C=O) groups is 1. The molecule has 0 aromatic heterocycles. The molecule has 0 saturated heterocycles. The van der Waals surface area contributed by atoms with Crippen LogP contribution in [0.25, 0.3) is 0 Å². The van der Waals surface area contributed by atoms with Crippen LogP contribution in [0.1, 0.15) is 51.2 Å². The molecular formula is C15H22O3. The summed E-state index contributed by atoms with van der Waals surface area (Å²) in [4.78, 5) is 10.9. The van der Waals surface area contributed by atoms with Crippen molar-refractivity contribution in [3.8, 4) is 5.75 Å². The van der Waals surface area contributed by atoms with Crippen molar-refractivity contribution in [1.82, 2.24) is 0 Å². The Balaban J connectivity index is 3.20. The SMILES string of the molecule is COc1cc(C(C)C)ccc1C(C)(C)CC(=O)O. The second kappa shape index (κ2) is 5.42. The molecule has 0 unspecified atom stereocenters. The summed E-state index contributed by atoms with van der Waals surface area (Å²) in [5.74, 6) is 0.401. The molecule has 0 spiro atoms. The fourth-order valence-corrected chi connectivity index (χ4v) is 2.10. The molecule has 1 aromatic carbocycles. The van der Waals surface area contributed by atoms with Crippen LogP contribution in [0, 0.1) is 0 Å². The minimum atomic E-state index is -0.796. The van der Waals surface area contributed by atoms with Crippen LogP contribution in [0.15, 0.2) is 18.2 Å². The van der Waals surface area contributed by atoms with E-state index in [9.17, 15) is 4.79 Å². The van der Waals surface area contributed by atoms with E-state index in [1.807, 2.05) is 32.0 Å². The van der Waals surface area contributed by atoms with Gasteiger partial charge in [-0.2, -0.15) is 0 Å². The number of hydrogen-bond acceptors (Lipinski definition) is 2. The average molecular weight is 250 g/mol. The predicted molar refractivity (Wildman–Crippen MR) is 72.4 cm³/mol. The van der Waals surface area contributed by atoms with Crippen molar-refractivity contribution in [3.63, 3.8) is 0 Å². The number of carboxylic acids is 1. The quantitative estimate of drug-likeness (QED) is 0.869. The van der Waals surface area contributed by atoms with Gasteiger partial charge in [-0.05, 0) is 17.5 Å². The van der Waals surface area contributed by atoms with Crippen LogP contribution in [-0.4, -0.2) is 18.2 Å². The summed E-state index contributed by atoms with van der Waals surface area (Å²) in [6.07, 6.45) is 0.0877. The minimum Gasteiger partial charge on any atom is -0.496 e. The zero-order valence-electron chi connectivity index (χ0n) is 11.8. The Labute approximate surface area is 109 Å². The van der Waals surface area contributed by atoms with Crippen molar-refractivity contribution in [3.05, 3.63) is 29.3 Å². The van der Waals surface area contributed by atoms with Crippen LogP contribution in [0.5, 0.6) is 5.75 Å². The summed E-state index contributed by atoms with van der Waals surface area (Å²) in [7, 11) is 1.62. The van der Waals surface area contributed by atoms with Gasteiger partial charge >= 0.3 is 5.97 Å². The third-order valence-electron chi connectivity index (χ3n) is 3.21. The molecule has 1 N–H and O–H groups in total. The lowest BCUT2D eigenvalue weighted by Crippen LogP contribution is -2.22. The molecule has 3 heteroatoms. The molecule has 3 nitrogen and oxygen atoms in total. The maximum absolute atomic E-state index is 10.9. The number of benzene rings is 1. The van der Waals surface area contributed by atoms with Gasteiger partial charge in [-0.1, -0.05) is 39.8 Å². The molecule has 1 rings (SSSR count). The van der Waals surface area contributed by atoms with Crippen molar-refractivity contribution in [2.45, 2.75) is 45.4 Å². The summed E-state index contributed by atoms with van der Waals surface area (Å²) in [5, 5.41) is 8.98. The van der Waals surface area contributed by atoms with Gasteiger partial charge in [0.15, 0.2) is 0 Å². The first-order valence-electron chi connectivity index (χ1n) is 6.18. The number of methoxy groups -OCH3 is 1. The van der Waals surface area contributed by atoms with Gasteiger partial charge in [0.05, 0.1) is 13.5 Å². The highest BCUT2D eigenvalue weighted by Gasteiger charge is 2.27. The maximum Gasteiger partial charge on any atom is 0.304 e. The van der Waals surface area contributed by atoms with E-state index in [0.29, 0.717) is 5.92 Å². The van der Waals surface area contributed by atoms with Crippen LogP contribution in [0.3, 0.4) is 0 Å². The maximum atomic E-state index is 10.9. The molecule has 0 aliphatic carbocycles. The van der Waals surface area contributed by atoms with Gasteiger partial charge in [0.1, 0.15) is 5.75 Å².